The summed E-state index contributed by atoms with van der Waals surface area (Å²) in [7, 11) is 0. The second kappa shape index (κ2) is 7.31. The van der Waals surface area contributed by atoms with Gasteiger partial charge in [0.2, 0.25) is 0 Å². The van der Waals surface area contributed by atoms with Crippen LogP contribution in [0.5, 0.6) is 0 Å². The van der Waals surface area contributed by atoms with Gasteiger partial charge >= 0.3 is 0 Å². The Hall–Kier alpha value is -0.420. The molecule has 0 aliphatic heterocycles. The minimum atomic E-state index is -0.801. The molecule has 0 bridgehead atoms. The summed E-state index contributed by atoms with van der Waals surface area (Å²) in [5.41, 5.74) is 0.929. The maximum atomic E-state index is 11.9. The van der Waals surface area contributed by atoms with Crippen molar-refractivity contribution in [3.63, 3.8) is 0 Å². The minimum absolute atomic E-state index is 0.0154. The highest BCUT2D eigenvalue weighted by Gasteiger charge is 2.69. The van der Waals surface area contributed by atoms with Gasteiger partial charge in [-0.2, -0.15) is 0 Å². The molecule has 5 aliphatic carbocycles. The predicted molar refractivity (Wildman–Crippen MR) is 130 cm³/mol. The van der Waals surface area contributed by atoms with Crippen molar-refractivity contribution in [2.45, 2.75) is 111 Å². The van der Waals surface area contributed by atoms with Gasteiger partial charge in [-0.15, -0.1) is 0 Å². The van der Waals surface area contributed by atoms with Crippen molar-refractivity contribution in [1.82, 2.24) is 0 Å². The monoisotopic (exact) mass is 460 g/mol. The van der Waals surface area contributed by atoms with Crippen LogP contribution in [0.1, 0.15) is 98.8 Å². The Morgan fingerprint density at radius 1 is 0.818 bits per heavy atom. The van der Waals surface area contributed by atoms with E-state index in [1.807, 2.05) is 0 Å². The van der Waals surface area contributed by atoms with Crippen LogP contribution in [0.3, 0.4) is 0 Å². The Morgan fingerprint density at radius 3 is 2.09 bits per heavy atom. The first-order chi connectivity index (χ1) is 15.3. The Kier molecular flexibility index (Phi) is 5.38. The van der Waals surface area contributed by atoms with Crippen molar-refractivity contribution in [3.05, 3.63) is 11.6 Å². The molecule has 1 spiro atoms. The van der Waals surface area contributed by atoms with E-state index in [2.05, 4.69) is 40.7 Å². The highest BCUT2D eigenvalue weighted by molar-refractivity contribution is 5.34. The molecular weight excluding hydrogens is 412 g/mol. The fourth-order valence-electron chi connectivity index (χ4n) is 10.6. The van der Waals surface area contributed by atoms with Crippen molar-refractivity contribution < 1.29 is 20.4 Å². The van der Waals surface area contributed by atoms with Crippen molar-refractivity contribution in [2.24, 2.45) is 44.3 Å². The third-order valence-electron chi connectivity index (χ3n) is 12.8. The molecule has 4 saturated carbocycles. The molecule has 33 heavy (non-hydrogen) atoms. The van der Waals surface area contributed by atoms with E-state index in [4.69, 9.17) is 0 Å². The molecule has 0 heterocycles. The van der Waals surface area contributed by atoms with E-state index in [0.29, 0.717) is 17.8 Å². The zero-order valence-corrected chi connectivity index (χ0v) is 21.7. The number of aliphatic hydroxyl groups excluding tert-OH is 4. The maximum Gasteiger partial charge on any atom is 0.0812 e. The molecular formula is C29H48O4. The second-order valence-corrected chi connectivity index (χ2v) is 14.5. The molecule has 5 aliphatic rings. The summed E-state index contributed by atoms with van der Waals surface area (Å²) < 4.78 is 0. The molecule has 0 saturated heterocycles. The van der Waals surface area contributed by atoms with E-state index in [-0.39, 0.29) is 46.9 Å². The first-order valence-electron chi connectivity index (χ1n) is 13.6. The first-order valence-corrected chi connectivity index (χ1v) is 13.6. The molecule has 0 aromatic rings. The van der Waals surface area contributed by atoms with E-state index in [0.717, 1.165) is 51.4 Å². The minimum Gasteiger partial charge on any atom is -0.396 e. The molecule has 4 heteroatoms. The second-order valence-electron chi connectivity index (χ2n) is 14.5. The molecule has 0 aromatic carbocycles. The van der Waals surface area contributed by atoms with Crippen LogP contribution in [0.15, 0.2) is 11.6 Å². The Morgan fingerprint density at radius 2 is 1.48 bits per heavy atom. The van der Waals surface area contributed by atoms with Gasteiger partial charge in [0, 0.05) is 10.8 Å². The molecule has 4 N–H and O–H groups in total. The fraction of sp³-hybridized carbons (Fsp3) is 0.931. The number of rotatable bonds is 2. The van der Waals surface area contributed by atoms with Gasteiger partial charge in [-0.3, -0.25) is 0 Å². The summed E-state index contributed by atoms with van der Waals surface area (Å²) in [6.45, 7) is 11.7. The average Bonchev–Trinajstić information content (AvgIpc) is 3.09. The molecule has 4 fully saturated rings. The zero-order chi connectivity index (χ0) is 24.1. The molecule has 188 valence electrons. The van der Waals surface area contributed by atoms with Crippen LogP contribution in [0.2, 0.25) is 0 Å². The van der Waals surface area contributed by atoms with E-state index < -0.39 is 11.5 Å². The number of hydrogen-bond acceptors (Lipinski definition) is 4. The summed E-state index contributed by atoms with van der Waals surface area (Å²) >= 11 is 0. The predicted octanol–water partition coefficient (Wildman–Crippen LogP) is 4.84. The summed E-state index contributed by atoms with van der Waals surface area (Å²) in [6, 6.07) is 0. The van der Waals surface area contributed by atoms with Crippen molar-refractivity contribution >= 4 is 0 Å². The zero-order valence-electron chi connectivity index (χ0n) is 21.7. The first kappa shape index (κ1) is 24.3. The van der Waals surface area contributed by atoms with Crippen molar-refractivity contribution in [2.75, 3.05) is 13.2 Å². The van der Waals surface area contributed by atoms with E-state index in [9.17, 15) is 20.4 Å². The van der Waals surface area contributed by atoms with Crippen molar-refractivity contribution in [3.8, 4) is 0 Å². The topological polar surface area (TPSA) is 80.9 Å². The lowest BCUT2D eigenvalue weighted by Gasteiger charge is -2.70. The van der Waals surface area contributed by atoms with Gasteiger partial charge in [0.25, 0.3) is 0 Å². The standard InChI is InChI=1S/C29H48O4/c1-24(2)12-14-28(16-24)15-13-26(4)19(23(28)33)6-7-20-25(3)10-9-22(32)29(17-30,18-31)21(25)8-11-27(20,26)5/h6,20-23,30-33H,7-18H2,1-5H3/t20?,21?,22-,23-,25-,26-,27-,28-/m1/s1. The average molecular weight is 461 g/mol. The normalized spacial score (nSPS) is 52.6. The van der Waals surface area contributed by atoms with Crippen LogP contribution in [-0.4, -0.2) is 45.8 Å². The summed E-state index contributed by atoms with van der Waals surface area (Å²) in [5.74, 6) is 0.555. The highest BCUT2D eigenvalue weighted by atomic mass is 16.3. The highest BCUT2D eigenvalue weighted by Crippen LogP contribution is 2.74. The largest absolute Gasteiger partial charge is 0.396 e. The van der Waals surface area contributed by atoms with Gasteiger partial charge in [-0.1, -0.05) is 40.7 Å². The molecule has 2 unspecified atom stereocenters. The third kappa shape index (κ3) is 2.90. The van der Waals surface area contributed by atoms with Crippen LogP contribution in [0, 0.1) is 44.3 Å². The van der Waals surface area contributed by atoms with Gasteiger partial charge in [0.15, 0.2) is 0 Å². The Balaban J connectivity index is 1.54. The van der Waals surface area contributed by atoms with Crippen LogP contribution in [0.4, 0.5) is 0 Å². The van der Waals surface area contributed by atoms with Crippen LogP contribution < -0.4 is 0 Å². The number of aliphatic hydroxyl groups is 4. The quantitative estimate of drug-likeness (QED) is 0.445. The fourth-order valence-corrected chi connectivity index (χ4v) is 10.6. The van der Waals surface area contributed by atoms with Gasteiger partial charge in [0.1, 0.15) is 0 Å². The summed E-state index contributed by atoms with van der Waals surface area (Å²) in [4.78, 5) is 0. The third-order valence-corrected chi connectivity index (χ3v) is 12.8. The molecule has 0 radical (unpaired) electrons. The van der Waals surface area contributed by atoms with E-state index >= 15 is 0 Å². The maximum absolute atomic E-state index is 11.9. The van der Waals surface area contributed by atoms with Gasteiger partial charge in [0.05, 0.1) is 25.4 Å². The number of hydrogen-bond donors (Lipinski definition) is 4. The SMILES string of the molecule is CC1(C)CC[C@@]2(CC[C@]3(C)C(=CCC4[C@@]5(C)CC[C@@H](O)C(CO)(CO)C5CC[C@]43C)[C@H]2O)C1. The molecule has 0 amide bonds. The Bertz CT molecular complexity index is 829. The molecule has 5 rings (SSSR count). The van der Waals surface area contributed by atoms with Gasteiger partial charge in [-0.25, -0.2) is 0 Å². The molecule has 0 aromatic heterocycles. The molecule has 8 atom stereocenters. The lowest BCUT2D eigenvalue weighted by atomic mass is 9.34. The number of allylic oxidation sites excluding steroid dienone is 1. The molecule has 4 nitrogen and oxygen atoms in total. The van der Waals surface area contributed by atoms with E-state index in [1.54, 1.807) is 0 Å². The Labute approximate surface area is 200 Å². The lowest BCUT2D eigenvalue weighted by molar-refractivity contribution is -0.229. The lowest BCUT2D eigenvalue weighted by Crippen LogP contribution is -2.66. The summed E-state index contributed by atoms with van der Waals surface area (Å²) in [5, 5.41) is 43.6. The summed E-state index contributed by atoms with van der Waals surface area (Å²) in [6.07, 6.45) is 11.7. The van der Waals surface area contributed by atoms with Crippen LogP contribution >= 0.6 is 0 Å². The number of fused-ring (bicyclic) bond motifs is 5. The van der Waals surface area contributed by atoms with Crippen molar-refractivity contribution in [1.29, 1.82) is 0 Å². The smallest absolute Gasteiger partial charge is 0.0812 e. The van der Waals surface area contributed by atoms with Crippen LogP contribution in [0.25, 0.3) is 0 Å². The van der Waals surface area contributed by atoms with Crippen LogP contribution in [-0.2, 0) is 0 Å². The van der Waals surface area contributed by atoms with E-state index in [1.165, 1.54) is 12.0 Å². The van der Waals surface area contributed by atoms with Gasteiger partial charge < -0.3 is 20.4 Å². The van der Waals surface area contributed by atoms with Gasteiger partial charge in [-0.05, 0) is 103 Å².